The van der Waals surface area contributed by atoms with Crippen molar-refractivity contribution >= 4 is 28.8 Å². The summed E-state index contributed by atoms with van der Waals surface area (Å²) in [6, 6.07) is 10.7. The number of methoxy groups -OCH3 is 1. The van der Waals surface area contributed by atoms with Gasteiger partial charge in [0.2, 0.25) is 0 Å². The first-order chi connectivity index (χ1) is 12.4. The summed E-state index contributed by atoms with van der Waals surface area (Å²) in [6.45, 7) is 2.23. The molecule has 0 heterocycles. The SMILES string of the molecule is COCCNc1ccc(C(=O)Nc2cccc(C(C)=O)c2)cc1[N+](=O)[O-]. The summed E-state index contributed by atoms with van der Waals surface area (Å²) in [5.74, 6) is -0.625. The summed E-state index contributed by atoms with van der Waals surface area (Å²) in [5.41, 5.74) is 1.15. The molecule has 2 N–H and O–H groups in total. The molecule has 0 aromatic heterocycles. The highest BCUT2D eigenvalue weighted by molar-refractivity contribution is 6.05. The molecule has 2 rings (SSSR count). The van der Waals surface area contributed by atoms with Gasteiger partial charge in [-0.2, -0.15) is 0 Å². The van der Waals surface area contributed by atoms with Crippen LogP contribution in [-0.4, -0.2) is 36.9 Å². The molecule has 2 aromatic carbocycles. The molecule has 1 amide bonds. The molecule has 0 atom stereocenters. The number of benzene rings is 2. The van der Waals surface area contributed by atoms with Crippen LogP contribution in [-0.2, 0) is 4.74 Å². The molecule has 8 heteroatoms. The molecule has 0 spiro atoms. The average Bonchev–Trinajstić information content (AvgIpc) is 2.62. The van der Waals surface area contributed by atoms with Gasteiger partial charge in [0.05, 0.1) is 11.5 Å². The molecule has 0 aliphatic rings. The molecular formula is C18H19N3O5. The van der Waals surface area contributed by atoms with Crippen LogP contribution >= 0.6 is 0 Å². The molecule has 0 fully saturated rings. The number of nitro groups is 1. The van der Waals surface area contributed by atoms with Gasteiger partial charge in [-0.1, -0.05) is 12.1 Å². The third kappa shape index (κ3) is 4.87. The molecule has 8 nitrogen and oxygen atoms in total. The minimum atomic E-state index is -0.553. The largest absolute Gasteiger partial charge is 0.383 e. The molecule has 136 valence electrons. The number of carbonyl (C=O) groups excluding carboxylic acids is 2. The number of ketones is 1. The average molecular weight is 357 g/mol. The highest BCUT2D eigenvalue weighted by Gasteiger charge is 2.17. The third-order valence-corrected chi connectivity index (χ3v) is 3.61. The molecule has 0 aliphatic heterocycles. The van der Waals surface area contributed by atoms with E-state index in [9.17, 15) is 19.7 Å². The standard InChI is InChI=1S/C18H19N3O5/c1-12(22)13-4-3-5-15(10-13)20-18(23)14-6-7-16(19-8-9-26-2)17(11-14)21(24)25/h3-7,10-11,19H,8-9H2,1-2H3,(H,20,23). The maximum absolute atomic E-state index is 12.4. The van der Waals surface area contributed by atoms with E-state index in [1.54, 1.807) is 24.3 Å². The quantitative estimate of drug-likeness (QED) is 0.325. The van der Waals surface area contributed by atoms with Crippen molar-refractivity contribution in [1.82, 2.24) is 0 Å². The van der Waals surface area contributed by atoms with Crippen LogP contribution in [0, 0.1) is 10.1 Å². The molecule has 0 bridgehead atoms. The van der Waals surface area contributed by atoms with Gasteiger partial charge in [0.1, 0.15) is 5.69 Å². The number of anilines is 2. The van der Waals surface area contributed by atoms with E-state index < -0.39 is 10.8 Å². The van der Waals surface area contributed by atoms with E-state index in [2.05, 4.69) is 10.6 Å². The Balaban J connectivity index is 2.20. The zero-order valence-electron chi connectivity index (χ0n) is 14.4. The lowest BCUT2D eigenvalue weighted by molar-refractivity contribution is -0.384. The lowest BCUT2D eigenvalue weighted by atomic mass is 10.1. The number of hydrogen-bond acceptors (Lipinski definition) is 6. The number of nitrogens with zero attached hydrogens (tertiary/aromatic N) is 1. The molecule has 0 unspecified atom stereocenters. The van der Waals surface area contributed by atoms with Gasteiger partial charge < -0.3 is 15.4 Å². The molecule has 26 heavy (non-hydrogen) atoms. The summed E-state index contributed by atoms with van der Waals surface area (Å²) >= 11 is 0. The zero-order chi connectivity index (χ0) is 19.1. The van der Waals surface area contributed by atoms with E-state index in [-0.39, 0.29) is 17.0 Å². The zero-order valence-corrected chi connectivity index (χ0v) is 14.4. The fourth-order valence-electron chi connectivity index (χ4n) is 2.28. The Bertz CT molecular complexity index is 835. The number of amides is 1. The predicted molar refractivity (Wildman–Crippen MR) is 97.9 cm³/mol. The van der Waals surface area contributed by atoms with E-state index in [1.807, 2.05) is 0 Å². The number of nitrogens with one attached hydrogen (secondary N) is 2. The Hall–Kier alpha value is -3.26. The number of hydrogen-bond donors (Lipinski definition) is 2. The fraction of sp³-hybridized carbons (Fsp3) is 0.222. The highest BCUT2D eigenvalue weighted by Crippen LogP contribution is 2.26. The van der Waals surface area contributed by atoms with Crippen LogP contribution in [0.15, 0.2) is 42.5 Å². The van der Waals surface area contributed by atoms with Crippen LogP contribution in [0.1, 0.15) is 27.6 Å². The van der Waals surface area contributed by atoms with Crippen molar-refractivity contribution in [3.05, 3.63) is 63.7 Å². The second-order valence-electron chi connectivity index (χ2n) is 5.50. The third-order valence-electron chi connectivity index (χ3n) is 3.61. The van der Waals surface area contributed by atoms with Gasteiger partial charge in [0.25, 0.3) is 11.6 Å². The molecule has 0 radical (unpaired) electrons. The van der Waals surface area contributed by atoms with Crippen molar-refractivity contribution in [2.75, 3.05) is 30.9 Å². The predicted octanol–water partition coefficient (Wildman–Crippen LogP) is 3.11. The second-order valence-corrected chi connectivity index (χ2v) is 5.50. The van der Waals surface area contributed by atoms with E-state index in [0.717, 1.165) is 0 Å². The smallest absolute Gasteiger partial charge is 0.293 e. The van der Waals surface area contributed by atoms with Crippen LogP contribution < -0.4 is 10.6 Å². The van der Waals surface area contributed by atoms with Crippen molar-refractivity contribution in [1.29, 1.82) is 0 Å². The van der Waals surface area contributed by atoms with Crippen molar-refractivity contribution in [3.63, 3.8) is 0 Å². The molecule has 0 aliphatic carbocycles. The first-order valence-electron chi connectivity index (χ1n) is 7.86. The minimum Gasteiger partial charge on any atom is -0.383 e. The van der Waals surface area contributed by atoms with Gasteiger partial charge in [-0.05, 0) is 31.2 Å². The van der Waals surface area contributed by atoms with E-state index in [4.69, 9.17) is 4.74 Å². The van der Waals surface area contributed by atoms with Gasteiger partial charge in [0.15, 0.2) is 5.78 Å². The van der Waals surface area contributed by atoms with E-state index in [0.29, 0.717) is 30.1 Å². The monoisotopic (exact) mass is 357 g/mol. The van der Waals surface area contributed by atoms with E-state index >= 15 is 0 Å². The summed E-state index contributed by atoms with van der Waals surface area (Å²) in [7, 11) is 1.53. The lowest BCUT2D eigenvalue weighted by Gasteiger charge is -2.09. The second kappa shape index (κ2) is 8.72. The summed E-state index contributed by atoms with van der Waals surface area (Å²) in [4.78, 5) is 34.5. The lowest BCUT2D eigenvalue weighted by Crippen LogP contribution is -2.14. The van der Waals surface area contributed by atoms with Crippen LogP contribution in [0.2, 0.25) is 0 Å². The van der Waals surface area contributed by atoms with Crippen molar-refractivity contribution in [2.45, 2.75) is 6.92 Å². The minimum absolute atomic E-state index is 0.122. The highest BCUT2D eigenvalue weighted by atomic mass is 16.6. The summed E-state index contributed by atoms with van der Waals surface area (Å²) in [6.07, 6.45) is 0. The number of rotatable bonds is 8. The molecule has 2 aromatic rings. The first kappa shape index (κ1) is 19.1. The summed E-state index contributed by atoms with van der Waals surface area (Å²) < 4.78 is 4.90. The Morgan fingerprint density at radius 1 is 1.15 bits per heavy atom. The van der Waals surface area contributed by atoms with Crippen LogP contribution in [0.3, 0.4) is 0 Å². The normalized spacial score (nSPS) is 10.2. The number of ether oxygens (including phenoxy) is 1. The Labute approximate surface area is 150 Å². The molecule has 0 saturated heterocycles. The topological polar surface area (TPSA) is 111 Å². The van der Waals surface area contributed by atoms with Crippen molar-refractivity contribution in [3.8, 4) is 0 Å². The maximum atomic E-state index is 12.4. The van der Waals surface area contributed by atoms with Gasteiger partial charge in [-0.25, -0.2) is 0 Å². The fourth-order valence-corrected chi connectivity index (χ4v) is 2.28. The summed E-state index contributed by atoms with van der Waals surface area (Å²) in [5, 5.41) is 16.8. The maximum Gasteiger partial charge on any atom is 0.293 e. The van der Waals surface area contributed by atoms with Gasteiger partial charge in [-0.15, -0.1) is 0 Å². The van der Waals surface area contributed by atoms with Crippen LogP contribution in [0.4, 0.5) is 17.1 Å². The number of carbonyl (C=O) groups is 2. The van der Waals surface area contributed by atoms with Gasteiger partial charge in [0, 0.05) is 36.5 Å². The van der Waals surface area contributed by atoms with Crippen molar-refractivity contribution in [2.24, 2.45) is 0 Å². The van der Waals surface area contributed by atoms with E-state index in [1.165, 1.54) is 32.2 Å². The van der Waals surface area contributed by atoms with Gasteiger partial charge >= 0.3 is 0 Å². The number of nitro benzene ring substituents is 1. The molecule has 0 saturated carbocycles. The van der Waals surface area contributed by atoms with Crippen molar-refractivity contribution < 1.29 is 19.2 Å². The molecular weight excluding hydrogens is 338 g/mol. The van der Waals surface area contributed by atoms with Crippen LogP contribution in [0.25, 0.3) is 0 Å². The Morgan fingerprint density at radius 2 is 1.92 bits per heavy atom. The number of Topliss-reactive ketones (excluding diaryl/α,β-unsaturated/α-hetero) is 1. The van der Waals surface area contributed by atoms with Crippen LogP contribution in [0.5, 0.6) is 0 Å². The Morgan fingerprint density at radius 3 is 2.58 bits per heavy atom. The van der Waals surface area contributed by atoms with Gasteiger partial charge in [-0.3, -0.25) is 19.7 Å². The first-order valence-corrected chi connectivity index (χ1v) is 7.86. The Kier molecular flexibility index (Phi) is 6.40.